The van der Waals surface area contributed by atoms with E-state index in [1.165, 1.54) is 0 Å². The second kappa shape index (κ2) is 4.62. The Morgan fingerprint density at radius 2 is 2.29 bits per heavy atom. The molecule has 1 aromatic carbocycles. The highest BCUT2D eigenvalue weighted by molar-refractivity contribution is 6.03. The van der Waals surface area contributed by atoms with Crippen LogP contribution in [-0.4, -0.2) is 10.9 Å². The van der Waals surface area contributed by atoms with Crippen molar-refractivity contribution >= 4 is 22.4 Å². The lowest BCUT2D eigenvalue weighted by atomic mass is 10.1. The minimum absolute atomic E-state index is 0.295. The molecule has 2 aromatic rings. The zero-order valence-electron chi connectivity index (χ0n) is 9.34. The number of pyridine rings is 1. The Morgan fingerprint density at radius 3 is 3.06 bits per heavy atom. The summed E-state index contributed by atoms with van der Waals surface area (Å²) in [6.07, 6.45) is 3.41. The first kappa shape index (κ1) is 11.1. The first-order valence-corrected chi connectivity index (χ1v) is 5.25. The molecule has 1 atom stereocenters. The smallest absolute Gasteiger partial charge is 0.241 e. The monoisotopic (exact) mass is 225 g/mol. The number of rotatable bonds is 2. The summed E-state index contributed by atoms with van der Waals surface area (Å²) in [5, 5.41) is 13.3. The molecule has 1 N–H and O–H groups in total. The molecule has 0 aliphatic carbocycles. The summed E-state index contributed by atoms with van der Waals surface area (Å²) in [5.74, 6) is -0.955. The van der Waals surface area contributed by atoms with E-state index in [0.29, 0.717) is 5.69 Å². The van der Waals surface area contributed by atoms with Crippen LogP contribution in [0.5, 0.6) is 0 Å². The number of nitrogens with one attached hydrogen (secondary N) is 1. The number of carbonyl (C=O) groups excluding carboxylic acids is 1. The summed E-state index contributed by atoms with van der Waals surface area (Å²) in [4.78, 5) is 15.7. The van der Waals surface area contributed by atoms with Crippen LogP contribution < -0.4 is 5.32 Å². The molecule has 1 aromatic heterocycles. The minimum Gasteiger partial charge on any atom is -0.324 e. The molecule has 17 heavy (non-hydrogen) atoms. The molecule has 0 bridgehead atoms. The Morgan fingerprint density at radius 1 is 1.47 bits per heavy atom. The Labute approximate surface area is 98.9 Å². The number of benzene rings is 1. The van der Waals surface area contributed by atoms with Crippen LogP contribution in [0.1, 0.15) is 6.92 Å². The van der Waals surface area contributed by atoms with Crippen molar-refractivity contribution in [1.29, 1.82) is 5.26 Å². The van der Waals surface area contributed by atoms with Crippen LogP contribution in [0.4, 0.5) is 5.69 Å². The maximum atomic E-state index is 11.6. The minimum atomic E-state index is -0.660. The summed E-state index contributed by atoms with van der Waals surface area (Å²) >= 11 is 0. The molecule has 0 spiro atoms. The third-order valence-electron chi connectivity index (χ3n) is 2.53. The molecule has 0 fully saturated rings. The lowest BCUT2D eigenvalue weighted by Gasteiger charge is -2.09. The molecule has 0 aliphatic heterocycles. The number of anilines is 1. The van der Waals surface area contributed by atoms with E-state index in [0.717, 1.165) is 10.8 Å². The molecule has 1 amide bonds. The second-order valence-electron chi connectivity index (χ2n) is 3.74. The van der Waals surface area contributed by atoms with E-state index in [1.807, 2.05) is 30.3 Å². The molecule has 1 unspecified atom stereocenters. The molecule has 4 nitrogen and oxygen atoms in total. The molecule has 2 rings (SSSR count). The summed E-state index contributed by atoms with van der Waals surface area (Å²) in [7, 11) is 0. The van der Waals surface area contributed by atoms with Crippen LogP contribution in [-0.2, 0) is 4.79 Å². The van der Waals surface area contributed by atoms with Crippen LogP contribution >= 0.6 is 0 Å². The summed E-state index contributed by atoms with van der Waals surface area (Å²) in [6.45, 7) is 1.57. The Balaban J connectivity index is 2.37. The first-order valence-electron chi connectivity index (χ1n) is 5.25. The summed E-state index contributed by atoms with van der Waals surface area (Å²) in [6, 6.07) is 9.32. The van der Waals surface area contributed by atoms with Gasteiger partial charge in [0.05, 0.1) is 6.07 Å². The SMILES string of the molecule is CC(C#N)C(=O)Nc1cccc2cnccc12. The van der Waals surface area contributed by atoms with Gasteiger partial charge >= 0.3 is 0 Å². The summed E-state index contributed by atoms with van der Waals surface area (Å²) in [5.41, 5.74) is 0.706. The lowest BCUT2D eigenvalue weighted by Crippen LogP contribution is -2.19. The third-order valence-corrected chi connectivity index (χ3v) is 2.53. The van der Waals surface area contributed by atoms with Crippen molar-refractivity contribution in [2.75, 3.05) is 5.32 Å². The average Bonchev–Trinajstić information content (AvgIpc) is 2.38. The first-order chi connectivity index (χ1) is 8.22. The molecule has 1 heterocycles. The number of aromatic nitrogens is 1. The van der Waals surface area contributed by atoms with Gasteiger partial charge in [0, 0.05) is 28.9 Å². The molecule has 0 aliphatic rings. The van der Waals surface area contributed by atoms with Crippen molar-refractivity contribution in [1.82, 2.24) is 4.98 Å². The number of hydrogen-bond donors (Lipinski definition) is 1. The van der Waals surface area contributed by atoms with Gasteiger partial charge in [-0.1, -0.05) is 12.1 Å². The maximum Gasteiger partial charge on any atom is 0.241 e. The summed E-state index contributed by atoms with van der Waals surface area (Å²) < 4.78 is 0. The molecule has 0 radical (unpaired) electrons. The molecular weight excluding hydrogens is 214 g/mol. The normalized spacial score (nSPS) is 11.8. The van der Waals surface area contributed by atoms with Gasteiger partial charge in [0.2, 0.25) is 5.91 Å². The van der Waals surface area contributed by atoms with E-state index in [9.17, 15) is 4.79 Å². The van der Waals surface area contributed by atoms with Gasteiger partial charge < -0.3 is 5.32 Å². The van der Waals surface area contributed by atoms with E-state index in [1.54, 1.807) is 19.3 Å². The van der Waals surface area contributed by atoms with Crippen LogP contribution in [0.2, 0.25) is 0 Å². The van der Waals surface area contributed by atoms with Crippen molar-refractivity contribution in [2.24, 2.45) is 5.92 Å². The van der Waals surface area contributed by atoms with Crippen molar-refractivity contribution in [2.45, 2.75) is 6.92 Å². The fourth-order valence-electron chi connectivity index (χ4n) is 1.53. The number of nitrogens with zero attached hydrogens (tertiary/aromatic N) is 2. The van der Waals surface area contributed by atoms with Crippen molar-refractivity contribution in [3.05, 3.63) is 36.7 Å². The van der Waals surface area contributed by atoms with E-state index in [4.69, 9.17) is 5.26 Å². The van der Waals surface area contributed by atoms with Crippen LogP contribution in [0.25, 0.3) is 10.8 Å². The van der Waals surface area contributed by atoms with E-state index in [-0.39, 0.29) is 5.91 Å². The van der Waals surface area contributed by atoms with Crippen LogP contribution in [0.15, 0.2) is 36.7 Å². The highest BCUT2D eigenvalue weighted by Crippen LogP contribution is 2.22. The largest absolute Gasteiger partial charge is 0.324 e. The van der Waals surface area contributed by atoms with Gasteiger partial charge in [-0.2, -0.15) is 5.26 Å². The predicted octanol–water partition coefficient (Wildman–Crippen LogP) is 2.33. The molecule has 0 saturated heterocycles. The Hall–Kier alpha value is -2.41. The number of nitriles is 1. The van der Waals surface area contributed by atoms with Gasteiger partial charge in [0.1, 0.15) is 5.92 Å². The van der Waals surface area contributed by atoms with Crippen LogP contribution in [0, 0.1) is 17.2 Å². The molecule has 4 heteroatoms. The van der Waals surface area contributed by atoms with E-state index in [2.05, 4.69) is 10.3 Å². The number of fused-ring (bicyclic) bond motifs is 1. The van der Waals surface area contributed by atoms with Gasteiger partial charge in [0.25, 0.3) is 0 Å². The van der Waals surface area contributed by atoms with Gasteiger partial charge in [0.15, 0.2) is 0 Å². The van der Waals surface area contributed by atoms with Crippen LogP contribution in [0.3, 0.4) is 0 Å². The van der Waals surface area contributed by atoms with Gasteiger partial charge in [-0.25, -0.2) is 0 Å². The second-order valence-corrected chi connectivity index (χ2v) is 3.74. The molecule has 0 saturated carbocycles. The highest BCUT2D eigenvalue weighted by Gasteiger charge is 2.12. The zero-order chi connectivity index (χ0) is 12.3. The van der Waals surface area contributed by atoms with E-state index < -0.39 is 5.92 Å². The molecular formula is C13H11N3O. The fraction of sp³-hybridized carbons (Fsp3) is 0.154. The maximum absolute atomic E-state index is 11.6. The standard InChI is InChI=1S/C13H11N3O/c1-9(7-14)13(17)16-12-4-2-3-10-8-15-6-5-11(10)12/h2-6,8-9H,1H3,(H,16,17). The van der Waals surface area contributed by atoms with Crippen molar-refractivity contribution in [3.63, 3.8) is 0 Å². The Bertz CT molecular complexity index is 596. The van der Waals surface area contributed by atoms with Gasteiger partial charge in [-0.3, -0.25) is 9.78 Å². The van der Waals surface area contributed by atoms with Gasteiger partial charge in [-0.15, -0.1) is 0 Å². The highest BCUT2D eigenvalue weighted by atomic mass is 16.1. The average molecular weight is 225 g/mol. The van der Waals surface area contributed by atoms with Gasteiger partial charge in [-0.05, 0) is 19.1 Å². The number of carbonyl (C=O) groups is 1. The van der Waals surface area contributed by atoms with Crippen molar-refractivity contribution < 1.29 is 4.79 Å². The zero-order valence-corrected chi connectivity index (χ0v) is 9.34. The van der Waals surface area contributed by atoms with E-state index >= 15 is 0 Å². The third kappa shape index (κ3) is 2.23. The number of hydrogen-bond acceptors (Lipinski definition) is 3. The fourth-order valence-corrected chi connectivity index (χ4v) is 1.53. The molecule has 84 valence electrons. The Kier molecular flexibility index (Phi) is 3.01. The number of amides is 1. The van der Waals surface area contributed by atoms with Crippen molar-refractivity contribution in [3.8, 4) is 6.07 Å². The quantitative estimate of drug-likeness (QED) is 0.853. The predicted molar refractivity (Wildman–Crippen MR) is 65.1 cm³/mol. The topological polar surface area (TPSA) is 65.8 Å². The lowest BCUT2D eigenvalue weighted by molar-refractivity contribution is -0.117.